The Morgan fingerprint density at radius 1 is 1.37 bits per heavy atom. The number of aromatic nitrogens is 2. The summed E-state index contributed by atoms with van der Waals surface area (Å²) in [5.41, 5.74) is 1.24. The molecule has 0 aromatic carbocycles. The Kier molecular flexibility index (Phi) is 5.47. The lowest BCUT2D eigenvalue weighted by Gasteiger charge is -2.04. The zero-order valence-corrected chi connectivity index (χ0v) is 11.3. The van der Waals surface area contributed by atoms with Crippen molar-refractivity contribution in [2.45, 2.75) is 52.5 Å². The second-order valence-corrected chi connectivity index (χ2v) is 4.28. The molecular formula is C12H19N3O4. The van der Waals surface area contributed by atoms with Crippen LogP contribution in [0.3, 0.4) is 0 Å². The normalized spacial score (nSPS) is 10.6. The van der Waals surface area contributed by atoms with E-state index < -0.39 is 5.97 Å². The van der Waals surface area contributed by atoms with Gasteiger partial charge in [-0.3, -0.25) is 19.6 Å². The highest BCUT2D eigenvalue weighted by Gasteiger charge is 2.24. The van der Waals surface area contributed by atoms with Crippen LogP contribution in [0.25, 0.3) is 0 Å². The summed E-state index contributed by atoms with van der Waals surface area (Å²) in [6, 6.07) is 0. The van der Waals surface area contributed by atoms with E-state index in [1.165, 1.54) is 0 Å². The maximum atomic E-state index is 11.1. The van der Waals surface area contributed by atoms with Crippen LogP contribution in [0, 0.1) is 10.1 Å². The van der Waals surface area contributed by atoms with Gasteiger partial charge in [0.25, 0.3) is 0 Å². The van der Waals surface area contributed by atoms with E-state index in [0.29, 0.717) is 43.6 Å². The van der Waals surface area contributed by atoms with Crippen LogP contribution < -0.4 is 0 Å². The first-order chi connectivity index (χ1) is 9.01. The molecule has 7 nitrogen and oxygen atoms in total. The van der Waals surface area contributed by atoms with Crippen molar-refractivity contribution in [3.05, 3.63) is 21.5 Å². The lowest BCUT2D eigenvalue weighted by Crippen LogP contribution is -2.06. The number of aryl methyl sites for hydroxylation is 2. The zero-order valence-electron chi connectivity index (χ0n) is 11.3. The molecule has 0 atom stereocenters. The fourth-order valence-electron chi connectivity index (χ4n) is 2.06. The third kappa shape index (κ3) is 3.77. The Morgan fingerprint density at radius 2 is 2.05 bits per heavy atom. The van der Waals surface area contributed by atoms with Crippen molar-refractivity contribution < 1.29 is 14.8 Å². The number of rotatable bonds is 8. The average molecular weight is 269 g/mol. The van der Waals surface area contributed by atoms with Gasteiger partial charge in [-0.15, -0.1) is 0 Å². The second kappa shape index (κ2) is 6.86. The number of unbranched alkanes of at least 4 members (excludes halogenated alkanes) is 1. The molecule has 0 aliphatic heterocycles. The molecule has 0 amide bonds. The van der Waals surface area contributed by atoms with Crippen LogP contribution in [0.4, 0.5) is 5.69 Å². The molecule has 7 heteroatoms. The highest BCUT2D eigenvalue weighted by molar-refractivity contribution is 5.66. The Hall–Kier alpha value is -1.92. The van der Waals surface area contributed by atoms with Gasteiger partial charge in [0.1, 0.15) is 11.4 Å². The van der Waals surface area contributed by atoms with Crippen molar-refractivity contribution in [2.75, 3.05) is 0 Å². The molecule has 1 N–H and O–H groups in total. The number of carbonyl (C=O) groups is 1. The summed E-state index contributed by atoms with van der Waals surface area (Å²) >= 11 is 0. The van der Waals surface area contributed by atoms with Gasteiger partial charge in [0.2, 0.25) is 0 Å². The van der Waals surface area contributed by atoms with Crippen molar-refractivity contribution in [1.29, 1.82) is 0 Å². The molecule has 1 rings (SSSR count). The van der Waals surface area contributed by atoms with Gasteiger partial charge in [-0.2, -0.15) is 5.10 Å². The molecule has 0 unspecified atom stereocenters. The van der Waals surface area contributed by atoms with Crippen LogP contribution in [0.2, 0.25) is 0 Å². The zero-order chi connectivity index (χ0) is 14.4. The van der Waals surface area contributed by atoms with Gasteiger partial charge in [-0.25, -0.2) is 0 Å². The predicted octanol–water partition coefficient (Wildman–Crippen LogP) is 2.17. The monoisotopic (exact) mass is 269 g/mol. The summed E-state index contributed by atoms with van der Waals surface area (Å²) in [5, 5.41) is 23.9. The first kappa shape index (κ1) is 15.1. The number of aliphatic carboxylic acids is 1. The quantitative estimate of drug-likeness (QED) is 0.443. The number of carboxylic acids is 1. The highest BCUT2D eigenvalue weighted by Crippen LogP contribution is 2.25. The van der Waals surface area contributed by atoms with Gasteiger partial charge < -0.3 is 5.11 Å². The summed E-state index contributed by atoms with van der Waals surface area (Å²) in [6.45, 7) is 4.22. The molecule has 0 radical (unpaired) electrons. The fraction of sp³-hybridized carbons (Fsp3) is 0.667. The van der Waals surface area contributed by atoms with Crippen molar-refractivity contribution in [1.82, 2.24) is 9.78 Å². The van der Waals surface area contributed by atoms with E-state index in [0.717, 1.165) is 0 Å². The topological polar surface area (TPSA) is 98.3 Å². The number of hydrogen-bond acceptors (Lipinski definition) is 4. The minimum absolute atomic E-state index is 0.114. The fourth-order valence-corrected chi connectivity index (χ4v) is 2.06. The van der Waals surface area contributed by atoms with Gasteiger partial charge in [0, 0.05) is 13.0 Å². The maximum absolute atomic E-state index is 11.1. The molecule has 0 saturated heterocycles. The van der Waals surface area contributed by atoms with E-state index in [-0.39, 0.29) is 17.0 Å². The lowest BCUT2D eigenvalue weighted by atomic mass is 10.2. The molecule has 0 aliphatic rings. The van der Waals surface area contributed by atoms with Crippen molar-refractivity contribution in [2.24, 2.45) is 0 Å². The first-order valence-corrected chi connectivity index (χ1v) is 6.45. The molecule has 106 valence electrons. The van der Waals surface area contributed by atoms with E-state index in [9.17, 15) is 14.9 Å². The molecule has 19 heavy (non-hydrogen) atoms. The van der Waals surface area contributed by atoms with E-state index in [2.05, 4.69) is 5.10 Å². The standard InChI is InChI=1S/C12H19N3O4/c1-3-9-12(15(18)19)10(4-2)14(13-9)8-6-5-7-11(16)17/h3-8H2,1-2H3,(H,16,17). The highest BCUT2D eigenvalue weighted by atomic mass is 16.6. The van der Waals surface area contributed by atoms with Crippen LogP contribution in [-0.2, 0) is 24.2 Å². The minimum Gasteiger partial charge on any atom is -0.481 e. The molecule has 1 heterocycles. The molecule has 1 aromatic rings. The lowest BCUT2D eigenvalue weighted by molar-refractivity contribution is -0.386. The Balaban J connectivity index is 2.83. The van der Waals surface area contributed by atoms with E-state index in [1.54, 1.807) is 4.68 Å². The molecular weight excluding hydrogens is 250 g/mol. The van der Waals surface area contributed by atoms with Crippen LogP contribution in [0.5, 0.6) is 0 Å². The van der Waals surface area contributed by atoms with Crippen molar-refractivity contribution in [3.8, 4) is 0 Å². The van der Waals surface area contributed by atoms with Crippen molar-refractivity contribution in [3.63, 3.8) is 0 Å². The van der Waals surface area contributed by atoms with Gasteiger partial charge >= 0.3 is 11.7 Å². The number of hydrogen-bond donors (Lipinski definition) is 1. The van der Waals surface area contributed by atoms with Gasteiger partial charge in [0.15, 0.2) is 0 Å². The average Bonchev–Trinajstić information content (AvgIpc) is 2.72. The van der Waals surface area contributed by atoms with Crippen LogP contribution in [0.1, 0.15) is 44.5 Å². The summed E-state index contributed by atoms with van der Waals surface area (Å²) in [4.78, 5) is 21.1. The third-order valence-corrected chi connectivity index (χ3v) is 2.96. The molecule has 0 spiro atoms. The minimum atomic E-state index is -0.823. The third-order valence-electron chi connectivity index (χ3n) is 2.96. The predicted molar refractivity (Wildman–Crippen MR) is 69.1 cm³/mol. The number of nitro groups is 1. The smallest absolute Gasteiger partial charge is 0.313 e. The summed E-state index contributed by atoms with van der Waals surface area (Å²) < 4.78 is 1.65. The maximum Gasteiger partial charge on any atom is 0.313 e. The Morgan fingerprint density at radius 3 is 2.53 bits per heavy atom. The summed E-state index contributed by atoms with van der Waals surface area (Å²) in [7, 11) is 0. The Bertz CT molecular complexity index is 468. The number of nitrogens with zero attached hydrogens (tertiary/aromatic N) is 3. The van der Waals surface area contributed by atoms with Crippen LogP contribution >= 0.6 is 0 Å². The van der Waals surface area contributed by atoms with Gasteiger partial charge in [-0.05, 0) is 25.7 Å². The van der Waals surface area contributed by atoms with Crippen LogP contribution in [-0.4, -0.2) is 25.8 Å². The van der Waals surface area contributed by atoms with E-state index in [4.69, 9.17) is 5.11 Å². The Labute approximate surface area is 111 Å². The van der Waals surface area contributed by atoms with Crippen LogP contribution in [0.15, 0.2) is 0 Å². The molecule has 0 fully saturated rings. The molecule has 1 aromatic heterocycles. The van der Waals surface area contributed by atoms with Gasteiger partial charge in [-0.1, -0.05) is 13.8 Å². The molecule has 0 bridgehead atoms. The van der Waals surface area contributed by atoms with E-state index >= 15 is 0 Å². The number of carboxylic acid groups (broad SMARTS) is 1. The SMILES string of the molecule is CCc1nn(CCCCC(=O)O)c(CC)c1[N+](=O)[O-]. The van der Waals surface area contributed by atoms with E-state index in [1.807, 2.05) is 13.8 Å². The molecule has 0 saturated carbocycles. The van der Waals surface area contributed by atoms with Crippen molar-refractivity contribution >= 4 is 11.7 Å². The second-order valence-electron chi connectivity index (χ2n) is 4.28. The summed E-state index contributed by atoms with van der Waals surface area (Å²) in [5.74, 6) is -0.823. The first-order valence-electron chi connectivity index (χ1n) is 6.45. The molecule has 0 aliphatic carbocycles. The van der Waals surface area contributed by atoms with Gasteiger partial charge in [0.05, 0.1) is 4.92 Å². The largest absolute Gasteiger partial charge is 0.481 e. The summed E-state index contributed by atoms with van der Waals surface area (Å²) in [6.07, 6.45) is 2.38.